The fourth-order valence-electron chi connectivity index (χ4n) is 6.91. The van der Waals surface area contributed by atoms with Gasteiger partial charge in [-0.3, -0.25) is 14.5 Å². The molecule has 1 aliphatic carbocycles. The highest BCUT2D eigenvalue weighted by molar-refractivity contribution is 6.13. The van der Waals surface area contributed by atoms with Crippen molar-refractivity contribution in [1.29, 1.82) is 0 Å². The lowest BCUT2D eigenvalue weighted by Gasteiger charge is -2.40. The summed E-state index contributed by atoms with van der Waals surface area (Å²) in [4.78, 5) is 40.6. The minimum Gasteiger partial charge on any atom is -0.444 e. The fraction of sp³-hybridized carbons (Fsp3) is 0.559. The van der Waals surface area contributed by atoms with Gasteiger partial charge in [-0.2, -0.15) is 5.10 Å². The van der Waals surface area contributed by atoms with Crippen molar-refractivity contribution in [2.45, 2.75) is 83.9 Å². The molecule has 46 heavy (non-hydrogen) atoms. The Labute approximate surface area is 269 Å². The molecule has 1 atom stereocenters. The molecule has 2 saturated heterocycles. The number of carbonyl (C=O) groups is 2. The number of piperidine rings is 1. The molecule has 3 fully saturated rings. The third-order valence-electron chi connectivity index (χ3n) is 9.13. The van der Waals surface area contributed by atoms with E-state index >= 15 is 0 Å². The lowest BCUT2D eigenvalue weighted by molar-refractivity contribution is 0.0114. The van der Waals surface area contributed by atoms with Crippen LogP contribution in [-0.4, -0.2) is 85.0 Å². The lowest BCUT2D eigenvalue weighted by atomic mass is 10.0. The second-order valence-corrected chi connectivity index (χ2v) is 14.1. The van der Waals surface area contributed by atoms with Crippen molar-refractivity contribution < 1.29 is 19.1 Å². The van der Waals surface area contributed by atoms with Crippen LogP contribution in [-0.2, 0) is 22.9 Å². The van der Waals surface area contributed by atoms with Gasteiger partial charge in [0.2, 0.25) is 0 Å². The van der Waals surface area contributed by atoms with E-state index in [1.165, 1.54) is 0 Å². The Morgan fingerprint density at radius 3 is 2.50 bits per heavy atom. The van der Waals surface area contributed by atoms with Crippen LogP contribution in [0.5, 0.6) is 0 Å². The average Bonchev–Trinajstić information content (AvgIpc) is 3.33. The van der Waals surface area contributed by atoms with Crippen molar-refractivity contribution in [3.05, 3.63) is 47.7 Å². The van der Waals surface area contributed by atoms with Gasteiger partial charge in [-0.25, -0.2) is 9.78 Å². The smallest absolute Gasteiger partial charge is 0.410 e. The molecule has 2 amide bonds. The molecule has 5 heterocycles. The van der Waals surface area contributed by atoms with E-state index in [0.717, 1.165) is 92.9 Å². The number of amides is 2. The van der Waals surface area contributed by atoms with Gasteiger partial charge in [-0.1, -0.05) is 0 Å². The number of rotatable bonds is 7. The van der Waals surface area contributed by atoms with Crippen molar-refractivity contribution in [2.24, 2.45) is 13.0 Å². The molecule has 1 saturated carbocycles. The van der Waals surface area contributed by atoms with E-state index in [9.17, 15) is 9.59 Å². The lowest BCUT2D eigenvalue weighted by Crippen LogP contribution is -2.50. The molecule has 4 aromatic rings. The number of aryl methyl sites for hydroxylation is 2. The highest BCUT2D eigenvalue weighted by atomic mass is 16.6. The zero-order chi connectivity index (χ0) is 32.2. The number of hydrogen-bond donors (Lipinski definition) is 1. The van der Waals surface area contributed by atoms with E-state index in [1.807, 2.05) is 74.8 Å². The van der Waals surface area contributed by atoms with Crippen LogP contribution in [0.4, 0.5) is 16.3 Å². The van der Waals surface area contributed by atoms with E-state index < -0.39 is 5.60 Å². The Hall–Kier alpha value is -4.19. The zero-order valence-corrected chi connectivity index (χ0v) is 27.5. The minimum absolute atomic E-state index is 0.157. The number of carbonyl (C=O) groups excluding carboxylic acids is 2. The van der Waals surface area contributed by atoms with Crippen LogP contribution in [0.1, 0.15) is 74.6 Å². The summed E-state index contributed by atoms with van der Waals surface area (Å²) in [6, 6.07) is 4.32. The largest absolute Gasteiger partial charge is 0.444 e. The molecule has 0 bridgehead atoms. The van der Waals surface area contributed by atoms with E-state index in [0.29, 0.717) is 22.8 Å². The van der Waals surface area contributed by atoms with E-state index in [1.54, 1.807) is 4.68 Å². The van der Waals surface area contributed by atoms with E-state index in [2.05, 4.69) is 10.2 Å². The van der Waals surface area contributed by atoms with Gasteiger partial charge in [0.15, 0.2) is 11.5 Å². The van der Waals surface area contributed by atoms with Crippen LogP contribution in [0.25, 0.3) is 16.6 Å². The Kier molecular flexibility index (Phi) is 7.86. The first-order valence-electron chi connectivity index (χ1n) is 16.5. The van der Waals surface area contributed by atoms with Crippen LogP contribution in [0.2, 0.25) is 0 Å². The normalized spacial score (nSPS) is 19.2. The minimum atomic E-state index is -0.514. The van der Waals surface area contributed by atoms with Gasteiger partial charge in [-0.05, 0) is 84.3 Å². The number of nitrogens with zero attached hydrogens (tertiary/aromatic N) is 7. The first-order chi connectivity index (χ1) is 22.0. The molecule has 7 rings (SSSR count). The van der Waals surface area contributed by atoms with Gasteiger partial charge < -0.3 is 29.0 Å². The maximum absolute atomic E-state index is 13.7. The van der Waals surface area contributed by atoms with E-state index in [4.69, 9.17) is 24.5 Å². The molecule has 3 aromatic heterocycles. The van der Waals surface area contributed by atoms with E-state index in [-0.39, 0.29) is 24.1 Å². The summed E-state index contributed by atoms with van der Waals surface area (Å²) in [6.45, 7) is 10.9. The number of anilines is 2. The molecule has 0 spiro atoms. The van der Waals surface area contributed by atoms with Crippen LogP contribution in [0.15, 0.2) is 30.7 Å². The van der Waals surface area contributed by atoms with Crippen molar-refractivity contribution >= 4 is 40.1 Å². The van der Waals surface area contributed by atoms with Gasteiger partial charge in [0, 0.05) is 68.9 Å². The zero-order valence-electron chi connectivity index (χ0n) is 27.5. The highest BCUT2D eigenvalue weighted by Gasteiger charge is 2.41. The van der Waals surface area contributed by atoms with Gasteiger partial charge in [0.05, 0.1) is 23.1 Å². The number of ether oxygens (including phenoxy) is 2. The van der Waals surface area contributed by atoms with Crippen molar-refractivity contribution in [3.8, 4) is 0 Å². The first kappa shape index (κ1) is 30.5. The summed E-state index contributed by atoms with van der Waals surface area (Å²) in [5.41, 5.74) is 4.24. The number of nitrogens with one attached hydrogen (secondary N) is 1. The Balaban J connectivity index is 1.08. The maximum Gasteiger partial charge on any atom is 0.410 e. The van der Waals surface area contributed by atoms with Gasteiger partial charge >= 0.3 is 6.09 Å². The summed E-state index contributed by atoms with van der Waals surface area (Å²) in [6.07, 6.45) is 11.2. The Morgan fingerprint density at radius 1 is 1.04 bits per heavy atom. The van der Waals surface area contributed by atoms with Gasteiger partial charge in [0.25, 0.3) is 5.91 Å². The number of hydrogen-bond acceptors (Lipinski definition) is 8. The third kappa shape index (κ3) is 6.27. The molecule has 244 valence electrons. The summed E-state index contributed by atoms with van der Waals surface area (Å²) in [5.74, 6) is 0.642. The molecule has 1 unspecified atom stereocenters. The molecular weight excluding hydrogens is 584 g/mol. The second-order valence-electron chi connectivity index (χ2n) is 14.1. The molecule has 3 aliphatic rings. The summed E-state index contributed by atoms with van der Waals surface area (Å²) >= 11 is 0. The number of aromatic nitrogens is 5. The molecule has 1 N–H and O–H groups in total. The molecule has 12 heteroatoms. The predicted molar refractivity (Wildman–Crippen MR) is 175 cm³/mol. The van der Waals surface area contributed by atoms with Crippen LogP contribution in [0.3, 0.4) is 0 Å². The molecule has 2 aliphatic heterocycles. The fourth-order valence-corrected chi connectivity index (χ4v) is 6.91. The average molecular weight is 629 g/mol. The number of imidazole rings is 1. The SMILES string of the molecule is Cc1cn2cc(NC(=O)c3ccc(N4CCC(N(C(=O)OC(C)(C)C)C5CC5)CC4)c4cn(C)nc34)nc2c(CC2CCOC2)n1. The first-order valence-corrected chi connectivity index (χ1v) is 16.5. The summed E-state index contributed by atoms with van der Waals surface area (Å²) in [5, 5.41) is 8.64. The number of fused-ring (bicyclic) bond motifs is 2. The topological polar surface area (TPSA) is 119 Å². The summed E-state index contributed by atoms with van der Waals surface area (Å²) in [7, 11) is 1.88. The second kappa shape index (κ2) is 11.9. The molecule has 0 radical (unpaired) electrons. The highest BCUT2D eigenvalue weighted by Crippen LogP contribution is 2.36. The van der Waals surface area contributed by atoms with Crippen LogP contribution >= 0.6 is 0 Å². The van der Waals surface area contributed by atoms with Crippen LogP contribution < -0.4 is 10.2 Å². The Bertz CT molecular complexity index is 1770. The van der Waals surface area contributed by atoms with Crippen molar-refractivity contribution in [1.82, 2.24) is 29.0 Å². The third-order valence-corrected chi connectivity index (χ3v) is 9.13. The molecule has 12 nitrogen and oxygen atoms in total. The number of benzene rings is 1. The maximum atomic E-state index is 13.7. The quantitative estimate of drug-likeness (QED) is 0.300. The Morgan fingerprint density at radius 2 is 1.80 bits per heavy atom. The molecular formula is C34H44N8O4. The van der Waals surface area contributed by atoms with Crippen molar-refractivity contribution in [2.75, 3.05) is 36.5 Å². The summed E-state index contributed by atoms with van der Waals surface area (Å²) < 4.78 is 15.0. The monoisotopic (exact) mass is 628 g/mol. The standard InChI is InChI=1S/C34H44N8O4/c1-21-17-41-19-29(36-31(41)27(35-21)16-22-12-15-45-20-22)37-32(43)25-8-9-28(26-18-39(5)38-30(25)26)40-13-10-24(11-14-40)42(23-6-7-23)33(44)46-34(2,3)4/h8-9,17-19,22-24H,6-7,10-16,20H2,1-5H3,(H,37,43). The van der Waals surface area contributed by atoms with Crippen molar-refractivity contribution in [3.63, 3.8) is 0 Å². The predicted octanol–water partition coefficient (Wildman–Crippen LogP) is 5.12. The van der Waals surface area contributed by atoms with Crippen LogP contribution in [0, 0.1) is 12.8 Å². The van der Waals surface area contributed by atoms with Gasteiger partial charge in [0.1, 0.15) is 11.1 Å². The molecule has 1 aromatic carbocycles. The van der Waals surface area contributed by atoms with Gasteiger partial charge in [-0.15, -0.1) is 0 Å².